The van der Waals surface area contributed by atoms with Crippen molar-refractivity contribution in [2.75, 3.05) is 19.8 Å². The quantitative estimate of drug-likeness (QED) is 0.0279. The van der Waals surface area contributed by atoms with Crippen molar-refractivity contribution in [2.24, 2.45) is 5.73 Å². The third kappa shape index (κ3) is 29.8. The highest BCUT2D eigenvalue weighted by atomic mass is 31.2. The number of nitrogens with one attached hydrogen (secondary N) is 1. The number of phosphoric acid groups is 1. The largest absolute Gasteiger partial charge is 0.472 e. The van der Waals surface area contributed by atoms with Gasteiger partial charge in [0.25, 0.3) is 0 Å². The van der Waals surface area contributed by atoms with E-state index >= 15 is 0 Å². The van der Waals surface area contributed by atoms with Crippen LogP contribution in [0, 0.1) is 0 Å². The average molecular weight is 659 g/mol. The predicted molar refractivity (Wildman–Crippen MR) is 186 cm³/mol. The normalized spacial score (nSPS) is 15.6. The smallest absolute Gasteiger partial charge is 0.389 e. The molecule has 0 radical (unpaired) electrons. The molecule has 264 valence electrons. The van der Waals surface area contributed by atoms with E-state index in [4.69, 9.17) is 14.8 Å². The molecular formula is C35H67N2O7P. The van der Waals surface area contributed by atoms with Crippen molar-refractivity contribution in [1.82, 2.24) is 5.32 Å². The molecule has 4 atom stereocenters. The Morgan fingerprint density at radius 1 is 0.756 bits per heavy atom. The van der Waals surface area contributed by atoms with Crippen LogP contribution < -0.4 is 11.1 Å². The number of rotatable bonds is 32. The van der Waals surface area contributed by atoms with Crippen molar-refractivity contribution in [3.05, 3.63) is 36.5 Å². The average Bonchev–Trinajstić information content (AvgIpc) is 3.01. The lowest BCUT2D eigenvalue weighted by atomic mass is 10.1. The summed E-state index contributed by atoms with van der Waals surface area (Å²) in [5.74, 6) is -0.517. The second-order valence-corrected chi connectivity index (χ2v) is 13.4. The maximum Gasteiger partial charge on any atom is 0.472 e. The SMILES string of the molecule is CCCCCCCC/C=C\C/C=C\C(O)CC(=O)NC(COP(=O)(O)OCCN)C(O)/C=C/CCCCCCCCCCCC. The van der Waals surface area contributed by atoms with E-state index in [1.165, 1.54) is 89.9 Å². The Balaban J connectivity index is 4.62. The molecule has 0 rings (SSSR count). The van der Waals surface area contributed by atoms with Crippen molar-refractivity contribution in [2.45, 2.75) is 161 Å². The molecule has 6 N–H and O–H groups in total. The Bertz CT molecular complexity index is 822. The standard InChI is InChI=1S/C35H67N2O7P/c1-3-5-7-9-11-13-15-17-19-21-23-25-27-34(39)33(31-44-45(41,42)43-29-28-36)37-35(40)30-32(38)26-24-22-20-18-16-14-12-10-8-6-4-2/h18,20,24-27,32-34,38-39H,3-17,19,21-23,28-31,36H2,1-2H3,(H,37,40)(H,41,42)/b20-18-,26-24-,27-25+. The van der Waals surface area contributed by atoms with Gasteiger partial charge in [0.1, 0.15) is 0 Å². The summed E-state index contributed by atoms with van der Waals surface area (Å²) in [5, 5.41) is 23.7. The number of amides is 1. The van der Waals surface area contributed by atoms with Crippen molar-refractivity contribution >= 4 is 13.7 Å². The first kappa shape index (κ1) is 43.7. The highest BCUT2D eigenvalue weighted by molar-refractivity contribution is 7.47. The molecule has 0 spiro atoms. The molecular weight excluding hydrogens is 591 g/mol. The van der Waals surface area contributed by atoms with E-state index < -0.39 is 38.6 Å². The van der Waals surface area contributed by atoms with Crippen LogP contribution in [0.2, 0.25) is 0 Å². The van der Waals surface area contributed by atoms with Crippen LogP contribution in [0.3, 0.4) is 0 Å². The minimum atomic E-state index is -4.40. The molecule has 0 saturated heterocycles. The van der Waals surface area contributed by atoms with E-state index in [1.54, 1.807) is 12.2 Å². The van der Waals surface area contributed by atoms with E-state index in [-0.39, 0.29) is 19.6 Å². The highest BCUT2D eigenvalue weighted by Crippen LogP contribution is 2.43. The number of phosphoric ester groups is 1. The molecule has 45 heavy (non-hydrogen) atoms. The third-order valence-corrected chi connectivity index (χ3v) is 8.51. The molecule has 0 aliphatic rings. The van der Waals surface area contributed by atoms with E-state index in [1.807, 2.05) is 12.2 Å². The van der Waals surface area contributed by atoms with Crippen molar-refractivity contribution < 1.29 is 33.5 Å². The first-order valence-corrected chi connectivity index (χ1v) is 19.2. The van der Waals surface area contributed by atoms with E-state index in [0.717, 1.165) is 25.7 Å². The third-order valence-electron chi connectivity index (χ3n) is 7.52. The van der Waals surface area contributed by atoms with Gasteiger partial charge in [-0.3, -0.25) is 13.8 Å². The molecule has 0 saturated carbocycles. The Hall–Kier alpha value is -1.32. The van der Waals surface area contributed by atoms with Crippen LogP contribution in [-0.2, 0) is 18.4 Å². The Labute approximate surface area is 274 Å². The predicted octanol–water partition coefficient (Wildman–Crippen LogP) is 7.80. The lowest BCUT2D eigenvalue weighted by Gasteiger charge is -2.23. The van der Waals surface area contributed by atoms with Gasteiger partial charge in [-0.15, -0.1) is 0 Å². The fourth-order valence-corrected chi connectivity index (χ4v) is 5.58. The van der Waals surface area contributed by atoms with Gasteiger partial charge in [-0.1, -0.05) is 140 Å². The number of unbranched alkanes of at least 4 members (excludes halogenated alkanes) is 16. The molecule has 1 amide bonds. The maximum absolute atomic E-state index is 12.7. The van der Waals surface area contributed by atoms with E-state index in [9.17, 15) is 24.5 Å². The van der Waals surface area contributed by atoms with Gasteiger partial charge in [0.2, 0.25) is 5.91 Å². The fourth-order valence-electron chi connectivity index (χ4n) is 4.82. The number of carbonyl (C=O) groups excluding carboxylic acids is 1. The van der Waals surface area contributed by atoms with Gasteiger partial charge in [0.05, 0.1) is 37.9 Å². The zero-order valence-corrected chi connectivity index (χ0v) is 29.4. The zero-order valence-electron chi connectivity index (χ0n) is 28.5. The molecule has 0 fully saturated rings. The molecule has 4 unspecified atom stereocenters. The van der Waals surface area contributed by atoms with Gasteiger partial charge in [-0.2, -0.15) is 0 Å². The van der Waals surface area contributed by atoms with Gasteiger partial charge in [-0.25, -0.2) is 4.57 Å². The minimum absolute atomic E-state index is 0.0404. The number of nitrogens with two attached hydrogens (primary N) is 1. The molecule has 10 heteroatoms. The van der Waals surface area contributed by atoms with Crippen molar-refractivity contribution in [1.29, 1.82) is 0 Å². The summed E-state index contributed by atoms with van der Waals surface area (Å²) in [6, 6.07) is -1.01. The molecule has 0 aromatic rings. The van der Waals surface area contributed by atoms with Gasteiger partial charge in [0.15, 0.2) is 0 Å². The molecule has 0 aromatic carbocycles. The molecule has 0 heterocycles. The maximum atomic E-state index is 12.7. The topological polar surface area (TPSA) is 151 Å². The molecule has 0 aromatic heterocycles. The molecule has 0 aliphatic carbocycles. The van der Waals surface area contributed by atoms with Gasteiger partial charge < -0.3 is 26.2 Å². The fraction of sp³-hybridized carbons (Fsp3) is 0.800. The molecule has 0 aliphatic heterocycles. The zero-order chi connectivity index (χ0) is 33.4. The van der Waals surface area contributed by atoms with Crippen LogP contribution in [0.4, 0.5) is 0 Å². The Morgan fingerprint density at radius 3 is 1.84 bits per heavy atom. The number of aliphatic hydroxyl groups excluding tert-OH is 2. The van der Waals surface area contributed by atoms with Crippen LogP contribution in [-0.4, -0.2) is 59.0 Å². The van der Waals surface area contributed by atoms with Gasteiger partial charge >= 0.3 is 7.82 Å². The molecule has 0 bridgehead atoms. The number of carbonyl (C=O) groups is 1. The lowest BCUT2D eigenvalue weighted by Crippen LogP contribution is -2.46. The second kappa shape index (κ2) is 31.3. The van der Waals surface area contributed by atoms with Crippen LogP contribution in [0.5, 0.6) is 0 Å². The summed E-state index contributed by atoms with van der Waals surface area (Å²) >= 11 is 0. The van der Waals surface area contributed by atoms with Crippen LogP contribution in [0.25, 0.3) is 0 Å². The molecule has 9 nitrogen and oxygen atoms in total. The van der Waals surface area contributed by atoms with Crippen LogP contribution >= 0.6 is 7.82 Å². The summed E-state index contributed by atoms with van der Waals surface area (Å²) in [4.78, 5) is 22.5. The second-order valence-electron chi connectivity index (χ2n) is 11.9. The number of hydrogen-bond donors (Lipinski definition) is 5. The van der Waals surface area contributed by atoms with Crippen molar-refractivity contribution in [3.8, 4) is 0 Å². The lowest BCUT2D eigenvalue weighted by molar-refractivity contribution is -0.124. The van der Waals surface area contributed by atoms with E-state index in [0.29, 0.717) is 6.42 Å². The number of allylic oxidation sites excluding steroid dienone is 4. The van der Waals surface area contributed by atoms with Crippen LogP contribution in [0.1, 0.15) is 142 Å². The van der Waals surface area contributed by atoms with Gasteiger partial charge in [-0.05, 0) is 32.1 Å². The summed E-state index contributed by atoms with van der Waals surface area (Å²) in [5.41, 5.74) is 5.33. The van der Waals surface area contributed by atoms with Crippen LogP contribution in [0.15, 0.2) is 36.5 Å². The van der Waals surface area contributed by atoms with E-state index in [2.05, 4.69) is 31.3 Å². The summed E-state index contributed by atoms with van der Waals surface area (Å²) in [6.07, 6.45) is 31.1. The highest BCUT2D eigenvalue weighted by Gasteiger charge is 2.27. The summed E-state index contributed by atoms with van der Waals surface area (Å²) < 4.78 is 21.9. The Morgan fingerprint density at radius 2 is 1.29 bits per heavy atom. The minimum Gasteiger partial charge on any atom is -0.389 e. The number of hydrogen-bond acceptors (Lipinski definition) is 7. The first-order chi connectivity index (χ1) is 21.8. The number of aliphatic hydroxyl groups is 2. The Kier molecular flexibility index (Phi) is 30.4. The summed E-state index contributed by atoms with van der Waals surface area (Å²) in [7, 11) is -4.40. The van der Waals surface area contributed by atoms with Crippen molar-refractivity contribution in [3.63, 3.8) is 0 Å². The monoisotopic (exact) mass is 658 g/mol. The van der Waals surface area contributed by atoms with Gasteiger partial charge in [0, 0.05) is 6.54 Å². The first-order valence-electron chi connectivity index (χ1n) is 17.7. The summed E-state index contributed by atoms with van der Waals surface area (Å²) in [6.45, 7) is 3.86.